The van der Waals surface area contributed by atoms with Crippen LogP contribution in [-0.4, -0.2) is 47.7 Å². The van der Waals surface area contributed by atoms with E-state index in [1.165, 1.54) is 28.8 Å². The van der Waals surface area contributed by atoms with Crippen molar-refractivity contribution in [3.63, 3.8) is 0 Å². The molecular weight excluding hydrogens is 514 g/mol. The van der Waals surface area contributed by atoms with Crippen molar-refractivity contribution in [2.75, 3.05) is 31.1 Å². The zero-order valence-corrected chi connectivity index (χ0v) is 21.8. The van der Waals surface area contributed by atoms with Gasteiger partial charge in [0.15, 0.2) is 0 Å². The van der Waals surface area contributed by atoms with Gasteiger partial charge < -0.3 is 14.2 Å². The lowest BCUT2D eigenvalue weighted by Gasteiger charge is -2.45. The minimum atomic E-state index is -0.669. The third-order valence-corrected chi connectivity index (χ3v) is 7.86. The van der Waals surface area contributed by atoms with Crippen molar-refractivity contribution in [2.45, 2.75) is 18.5 Å². The number of anilines is 1. The van der Waals surface area contributed by atoms with Gasteiger partial charge in [-0.15, -0.1) is 0 Å². The number of nitrogens with zero attached hydrogens (tertiary/aromatic N) is 4. The van der Waals surface area contributed by atoms with Crippen molar-refractivity contribution in [3.8, 4) is 6.07 Å². The Kier molecular flexibility index (Phi) is 6.56. The molecule has 0 amide bonds. The number of carbonyl (C=O) groups is 1. The Bertz CT molecular complexity index is 1670. The Labute approximate surface area is 229 Å². The van der Waals surface area contributed by atoms with Crippen molar-refractivity contribution in [1.29, 1.82) is 5.26 Å². The van der Waals surface area contributed by atoms with Crippen LogP contribution in [0.2, 0.25) is 0 Å². The van der Waals surface area contributed by atoms with Crippen molar-refractivity contribution < 1.29 is 18.3 Å². The Morgan fingerprint density at radius 2 is 1.62 bits per heavy atom. The molecule has 2 aliphatic heterocycles. The molecule has 3 heterocycles. The van der Waals surface area contributed by atoms with Crippen LogP contribution in [0.4, 0.5) is 14.5 Å². The van der Waals surface area contributed by atoms with Crippen LogP contribution in [0.15, 0.2) is 71.5 Å². The summed E-state index contributed by atoms with van der Waals surface area (Å²) in [5, 5.41) is 9.98. The molecule has 6 rings (SSSR count). The molecule has 0 aliphatic carbocycles. The molecule has 40 heavy (non-hydrogen) atoms. The molecule has 4 aromatic rings. The highest BCUT2D eigenvalue weighted by molar-refractivity contribution is 6.06. The predicted octanol–water partition coefficient (Wildman–Crippen LogP) is 4.33. The number of halogens is 2. The van der Waals surface area contributed by atoms with Crippen LogP contribution >= 0.6 is 0 Å². The maximum Gasteiger partial charge on any atom is 0.346 e. The number of fused-ring (bicyclic) bond motifs is 5. The number of nitriles is 1. The van der Waals surface area contributed by atoms with Gasteiger partial charge in [0.25, 0.3) is 5.56 Å². The van der Waals surface area contributed by atoms with E-state index in [1.807, 2.05) is 18.2 Å². The SMILES string of the molecule is Cn1c(=O)c2c(c3cc(CC#N)ccc31)N1CCN(C(c3ccc(F)cc3)c3ccc(F)cc3)C[C@@H]1COC2=O. The highest BCUT2D eigenvalue weighted by atomic mass is 19.1. The van der Waals surface area contributed by atoms with Gasteiger partial charge in [0.05, 0.1) is 35.8 Å². The first-order valence-electron chi connectivity index (χ1n) is 13.1. The summed E-state index contributed by atoms with van der Waals surface area (Å²) in [5.74, 6) is -1.36. The Balaban J connectivity index is 1.44. The zero-order valence-electron chi connectivity index (χ0n) is 21.8. The van der Waals surface area contributed by atoms with Gasteiger partial charge in [-0.2, -0.15) is 5.26 Å². The summed E-state index contributed by atoms with van der Waals surface area (Å²) < 4.78 is 34.7. The van der Waals surface area contributed by atoms with Gasteiger partial charge in [-0.25, -0.2) is 13.6 Å². The first kappa shape index (κ1) is 25.7. The van der Waals surface area contributed by atoms with E-state index in [9.17, 15) is 23.6 Å². The molecule has 0 saturated carbocycles. The van der Waals surface area contributed by atoms with E-state index in [2.05, 4.69) is 15.9 Å². The number of carbonyl (C=O) groups excluding carboxylic acids is 1. The number of hydrogen-bond acceptors (Lipinski definition) is 6. The molecule has 202 valence electrons. The van der Waals surface area contributed by atoms with Gasteiger partial charge in [-0.3, -0.25) is 9.69 Å². The minimum absolute atomic E-state index is 0.00585. The summed E-state index contributed by atoms with van der Waals surface area (Å²) in [6.07, 6.45) is 0.201. The molecular formula is C31H26F2N4O3. The van der Waals surface area contributed by atoms with Crippen LogP contribution in [-0.2, 0) is 18.2 Å². The van der Waals surface area contributed by atoms with E-state index >= 15 is 0 Å². The number of aryl methyl sites for hydroxylation is 1. The number of esters is 1. The van der Waals surface area contributed by atoms with Gasteiger partial charge in [0.1, 0.15) is 23.8 Å². The van der Waals surface area contributed by atoms with Crippen LogP contribution in [0.3, 0.4) is 0 Å². The molecule has 1 aromatic heterocycles. The van der Waals surface area contributed by atoms with Gasteiger partial charge in [0.2, 0.25) is 0 Å². The third-order valence-electron chi connectivity index (χ3n) is 7.86. The summed E-state index contributed by atoms with van der Waals surface area (Å²) in [7, 11) is 1.62. The summed E-state index contributed by atoms with van der Waals surface area (Å²) in [6, 6.07) is 19.6. The highest BCUT2D eigenvalue weighted by Crippen LogP contribution is 2.37. The van der Waals surface area contributed by atoms with Gasteiger partial charge >= 0.3 is 5.97 Å². The molecule has 7 nitrogen and oxygen atoms in total. The van der Waals surface area contributed by atoms with Gasteiger partial charge in [-0.1, -0.05) is 30.3 Å². The maximum atomic E-state index is 13.8. The lowest BCUT2D eigenvalue weighted by Crippen LogP contribution is -2.55. The van der Waals surface area contributed by atoms with Crippen molar-refractivity contribution in [1.82, 2.24) is 9.47 Å². The van der Waals surface area contributed by atoms with Crippen LogP contribution in [0.25, 0.3) is 10.9 Å². The second-order valence-corrected chi connectivity index (χ2v) is 10.2. The molecule has 2 aliphatic rings. The number of benzene rings is 3. The summed E-state index contributed by atoms with van der Waals surface area (Å²) >= 11 is 0. The van der Waals surface area contributed by atoms with E-state index < -0.39 is 11.5 Å². The lowest BCUT2D eigenvalue weighted by molar-refractivity contribution is 0.0451. The first-order valence-corrected chi connectivity index (χ1v) is 13.1. The quantitative estimate of drug-likeness (QED) is 0.359. The first-order chi connectivity index (χ1) is 19.4. The largest absolute Gasteiger partial charge is 0.460 e. The monoisotopic (exact) mass is 540 g/mol. The van der Waals surface area contributed by atoms with Crippen molar-refractivity contribution in [2.24, 2.45) is 7.05 Å². The second-order valence-electron chi connectivity index (χ2n) is 10.2. The van der Waals surface area contributed by atoms with Crippen molar-refractivity contribution >= 4 is 22.6 Å². The van der Waals surface area contributed by atoms with E-state index in [4.69, 9.17) is 4.74 Å². The number of rotatable bonds is 4. The standard InChI is InChI=1S/C31H26F2N4O3/c1-35-26-11-2-19(12-13-34)16-25(26)29-27(30(35)38)31(39)40-18-24-17-36(14-15-37(24)29)28(20-3-7-22(32)8-4-20)21-5-9-23(33)10-6-21/h2-11,16,24,28H,12,14-15,17-18H2,1H3/t24-/m1/s1. The topological polar surface area (TPSA) is 78.6 Å². The van der Waals surface area contributed by atoms with E-state index in [0.29, 0.717) is 30.8 Å². The Hall–Kier alpha value is -4.55. The number of pyridine rings is 1. The molecule has 0 unspecified atom stereocenters. The molecule has 1 atom stereocenters. The molecule has 0 N–H and O–H groups in total. The summed E-state index contributed by atoms with van der Waals surface area (Å²) in [4.78, 5) is 30.9. The number of hydrogen-bond donors (Lipinski definition) is 0. The van der Waals surface area contributed by atoms with Crippen molar-refractivity contribution in [3.05, 3.63) is 111 Å². The number of aromatic nitrogens is 1. The van der Waals surface area contributed by atoms with Gasteiger partial charge in [-0.05, 0) is 53.1 Å². The molecule has 3 aromatic carbocycles. The molecule has 0 spiro atoms. The Morgan fingerprint density at radius 1 is 0.975 bits per heavy atom. The molecule has 0 bridgehead atoms. The average molecular weight is 541 g/mol. The Morgan fingerprint density at radius 3 is 2.25 bits per heavy atom. The number of cyclic esters (lactones) is 1. The molecule has 9 heteroatoms. The van der Waals surface area contributed by atoms with Crippen LogP contribution in [0, 0.1) is 23.0 Å². The smallest absolute Gasteiger partial charge is 0.346 e. The fourth-order valence-corrected chi connectivity index (χ4v) is 5.96. The summed E-state index contributed by atoms with van der Waals surface area (Å²) in [5.41, 5.74) is 3.26. The van der Waals surface area contributed by atoms with Crippen LogP contribution < -0.4 is 10.5 Å². The van der Waals surface area contributed by atoms with E-state index in [1.54, 1.807) is 31.3 Å². The van der Waals surface area contributed by atoms with Gasteiger partial charge in [0, 0.05) is 32.1 Å². The second kappa shape index (κ2) is 10.2. The fraction of sp³-hybridized carbons (Fsp3) is 0.258. The zero-order chi connectivity index (χ0) is 28.0. The van der Waals surface area contributed by atoms with E-state index in [-0.39, 0.29) is 42.3 Å². The highest BCUT2D eigenvalue weighted by Gasteiger charge is 2.39. The number of piperazine rings is 1. The normalized spacial score (nSPS) is 17.2. The summed E-state index contributed by atoms with van der Waals surface area (Å²) in [6.45, 7) is 1.59. The average Bonchev–Trinajstić information content (AvgIpc) is 3.10. The number of ether oxygens (including phenoxy) is 1. The van der Waals surface area contributed by atoms with Crippen LogP contribution in [0.5, 0.6) is 0 Å². The van der Waals surface area contributed by atoms with E-state index in [0.717, 1.165) is 22.1 Å². The predicted molar refractivity (Wildman–Crippen MR) is 146 cm³/mol. The third kappa shape index (κ3) is 4.40. The minimum Gasteiger partial charge on any atom is -0.460 e. The fourth-order valence-electron chi connectivity index (χ4n) is 5.96. The maximum absolute atomic E-state index is 13.8. The lowest BCUT2D eigenvalue weighted by atomic mass is 9.95. The molecule has 1 fully saturated rings. The molecule has 0 radical (unpaired) electrons. The molecule has 1 saturated heterocycles. The van der Waals surface area contributed by atoms with Crippen LogP contribution in [0.1, 0.15) is 33.1 Å².